The van der Waals surface area contributed by atoms with Gasteiger partial charge < -0.3 is 15.4 Å². The first-order valence-electron chi connectivity index (χ1n) is 6.46. The van der Waals surface area contributed by atoms with E-state index in [9.17, 15) is 9.59 Å². The zero-order valence-corrected chi connectivity index (χ0v) is 12.6. The monoisotopic (exact) mass is 278 g/mol. The lowest BCUT2D eigenvalue weighted by molar-refractivity contribution is -0.124. The number of amides is 2. The summed E-state index contributed by atoms with van der Waals surface area (Å²) in [5.74, 6) is 0.0890. The highest BCUT2D eigenvalue weighted by Crippen LogP contribution is 2.20. The minimum atomic E-state index is -0.605. The molecule has 2 N–H and O–H groups in total. The Morgan fingerprint density at radius 3 is 2.40 bits per heavy atom. The third-order valence-corrected chi connectivity index (χ3v) is 2.98. The Balaban J connectivity index is 2.93. The third kappa shape index (κ3) is 3.98. The predicted octanol–water partition coefficient (Wildman–Crippen LogP) is 1.59. The fourth-order valence-electron chi connectivity index (χ4n) is 1.80. The molecule has 5 heteroatoms. The minimum Gasteiger partial charge on any atom is -0.497 e. The first-order chi connectivity index (χ1) is 9.29. The Labute approximate surface area is 119 Å². The van der Waals surface area contributed by atoms with Gasteiger partial charge in [0, 0.05) is 12.6 Å². The molecule has 0 heterocycles. The van der Waals surface area contributed by atoms with Crippen LogP contribution in [0.4, 0.5) is 0 Å². The van der Waals surface area contributed by atoms with Crippen LogP contribution < -0.4 is 15.4 Å². The quantitative estimate of drug-likeness (QED) is 0.879. The lowest BCUT2D eigenvalue weighted by atomic mass is 9.86. The van der Waals surface area contributed by atoms with Gasteiger partial charge >= 0.3 is 0 Å². The fraction of sp³-hybridized carbons (Fsp3) is 0.467. The molecule has 2 amide bonds. The Kier molecular flexibility index (Phi) is 5.13. The molecule has 0 fully saturated rings. The Bertz CT molecular complexity index is 492. The maximum absolute atomic E-state index is 12.2. The van der Waals surface area contributed by atoms with Crippen molar-refractivity contribution in [1.29, 1.82) is 0 Å². The van der Waals surface area contributed by atoms with Crippen LogP contribution in [0, 0.1) is 5.41 Å². The summed E-state index contributed by atoms with van der Waals surface area (Å²) >= 11 is 0. The van der Waals surface area contributed by atoms with Crippen LogP contribution in [0.15, 0.2) is 24.3 Å². The Morgan fingerprint density at radius 1 is 1.25 bits per heavy atom. The summed E-state index contributed by atoms with van der Waals surface area (Å²) in [6, 6.07) is 6.21. The van der Waals surface area contributed by atoms with Gasteiger partial charge in [-0.1, -0.05) is 26.8 Å². The van der Waals surface area contributed by atoms with Crippen molar-refractivity contribution in [2.45, 2.75) is 26.8 Å². The second-order valence-electron chi connectivity index (χ2n) is 5.62. The molecule has 110 valence electrons. The molecule has 0 aromatic heterocycles. The van der Waals surface area contributed by atoms with Gasteiger partial charge in [0.1, 0.15) is 11.8 Å². The number of benzene rings is 1. The van der Waals surface area contributed by atoms with Gasteiger partial charge in [0.15, 0.2) is 0 Å². The van der Waals surface area contributed by atoms with Crippen molar-refractivity contribution in [3.05, 3.63) is 29.8 Å². The van der Waals surface area contributed by atoms with Crippen molar-refractivity contribution >= 4 is 11.8 Å². The molecule has 1 rings (SSSR count). The van der Waals surface area contributed by atoms with Crippen LogP contribution in [-0.4, -0.2) is 32.0 Å². The molecule has 0 aliphatic heterocycles. The summed E-state index contributed by atoms with van der Waals surface area (Å²) in [7, 11) is 3.10. The lowest BCUT2D eigenvalue weighted by Gasteiger charge is -2.29. The highest BCUT2D eigenvalue weighted by molar-refractivity contribution is 5.98. The van der Waals surface area contributed by atoms with Gasteiger partial charge in [-0.15, -0.1) is 0 Å². The molecule has 1 aromatic carbocycles. The normalized spacial score (nSPS) is 12.4. The maximum atomic E-state index is 12.2. The van der Waals surface area contributed by atoms with E-state index >= 15 is 0 Å². The predicted molar refractivity (Wildman–Crippen MR) is 77.8 cm³/mol. The van der Waals surface area contributed by atoms with Gasteiger partial charge in [0.05, 0.1) is 7.11 Å². The summed E-state index contributed by atoms with van der Waals surface area (Å²) in [5.41, 5.74) is 0.0803. The van der Waals surface area contributed by atoms with E-state index in [-0.39, 0.29) is 17.2 Å². The van der Waals surface area contributed by atoms with E-state index in [0.717, 1.165) is 0 Å². The van der Waals surface area contributed by atoms with Gasteiger partial charge in [0.2, 0.25) is 5.91 Å². The summed E-state index contributed by atoms with van der Waals surface area (Å²) in [6.07, 6.45) is 0. The number of carbonyl (C=O) groups is 2. The van der Waals surface area contributed by atoms with Crippen molar-refractivity contribution in [3.63, 3.8) is 0 Å². The number of rotatable bonds is 4. The topological polar surface area (TPSA) is 67.4 Å². The molecule has 0 radical (unpaired) electrons. The van der Waals surface area contributed by atoms with Gasteiger partial charge in [0.25, 0.3) is 5.91 Å². The molecular weight excluding hydrogens is 256 g/mol. The summed E-state index contributed by atoms with van der Waals surface area (Å²) in [6.45, 7) is 5.70. The van der Waals surface area contributed by atoms with Crippen molar-refractivity contribution in [2.24, 2.45) is 5.41 Å². The van der Waals surface area contributed by atoms with E-state index in [0.29, 0.717) is 11.3 Å². The number of nitrogens with one attached hydrogen (secondary N) is 2. The smallest absolute Gasteiger partial charge is 0.252 e. The molecule has 1 atom stereocenters. The van der Waals surface area contributed by atoms with E-state index in [1.54, 1.807) is 38.4 Å². The Morgan fingerprint density at radius 2 is 1.90 bits per heavy atom. The van der Waals surface area contributed by atoms with Crippen LogP contribution in [0.1, 0.15) is 31.1 Å². The number of methoxy groups -OCH3 is 1. The van der Waals surface area contributed by atoms with Crippen LogP contribution in [-0.2, 0) is 4.79 Å². The molecule has 0 saturated heterocycles. The minimum absolute atomic E-state index is 0.214. The summed E-state index contributed by atoms with van der Waals surface area (Å²) < 4.78 is 5.09. The van der Waals surface area contributed by atoms with Crippen LogP contribution in [0.2, 0.25) is 0 Å². The van der Waals surface area contributed by atoms with Crippen molar-refractivity contribution in [3.8, 4) is 5.75 Å². The molecule has 0 unspecified atom stereocenters. The highest BCUT2D eigenvalue weighted by Gasteiger charge is 2.32. The first kappa shape index (κ1) is 16.0. The second kappa shape index (κ2) is 6.41. The van der Waals surface area contributed by atoms with Gasteiger partial charge in [-0.25, -0.2) is 0 Å². The molecule has 0 spiro atoms. The third-order valence-electron chi connectivity index (χ3n) is 2.98. The van der Waals surface area contributed by atoms with E-state index in [1.807, 2.05) is 20.8 Å². The fourth-order valence-corrected chi connectivity index (χ4v) is 1.80. The van der Waals surface area contributed by atoms with E-state index < -0.39 is 6.04 Å². The molecule has 0 aliphatic carbocycles. The van der Waals surface area contributed by atoms with Gasteiger partial charge in [-0.3, -0.25) is 9.59 Å². The van der Waals surface area contributed by atoms with E-state index in [4.69, 9.17) is 4.74 Å². The standard InChI is InChI=1S/C15H22N2O3/c1-15(2,3)12(14(19)16-4)17-13(18)10-7-6-8-11(9-10)20-5/h6-9,12H,1-5H3,(H,16,19)(H,17,18)/t12-/m0/s1. The second-order valence-corrected chi connectivity index (χ2v) is 5.62. The van der Waals surface area contributed by atoms with Crippen LogP contribution in [0.5, 0.6) is 5.75 Å². The molecule has 0 saturated carbocycles. The van der Waals surface area contributed by atoms with Crippen LogP contribution in [0.3, 0.4) is 0 Å². The SMILES string of the molecule is CNC(=O)[C@H](NC(=O)c1cccc(OC)c1)C(C)(C)C. The largest absolute Gasteiger partial charge is 0.497 e. The zero-order chi connectivity index (χ0) is 15.3. The number of hydrogen-bond acceptors (Lipinski definition) is 3. The number of ether oxygens (including phenoxy) is 1. The van der Waals surface area contributed by atoms with Crippen LogP contribution >= 0.6 is 0 Å². The average Bonchev–Trinajstić information content (AvgIpc) is 2.42. The van der Waals surface area contributed by atoms with Crippen molar-refractivity contribution in [1.82, 2.24) is 10.6 Å². The summed E-state index contributed by atoms with van der Waals surface area (Å²) in [5, 5.41) is 5.34. The molecule has 5 nitrogen and oxygen atoms in total. The lowest BCUT2D eigenvalue weighted by Crippen LogP contribution is -2.52. The van der Waals surface area contributed by atoms with Crippen LogP contribution in [0.25, 0.3) is 0 Å². The van der Waals surface area contributed by atoms with E-state index in [2.05, 4.69) is 10.6 Å². The average molecular weight is 278 g/mol. The molecule has 0 bridgehead atoms. The van der Waals surface area contributed by atoms with Crippen molar-refractivity contribution in [2.75, 3.05) is 14.2 Å². The molecule has 20 heavy (non-hydrogen) atoms. The number of carbonyl (C=O) groups excluding carboxylic acids is 2. The number of hydrogen-bond donors (Lipinski definition) is 2. The Hall–Kier alpha value is -2.04. The van der Waals surface area contributed by atoms with E-state index in [1.165, 1.54) is 0 Å². The summed E-state index contributed by atoms with van der Waals surface area (Å²) in [4.78, 5) is 24.1. The molecule has 1 aromatic rings. The zero-order valence-electron chi connectivity index (χ0n) is 12.6. The van der Waals surface area contributed by atoms with Gasteiger partial charge in [-0.05, 0) is 23.6 Å². The molecular formula is C15H22N2O3. The molecule has 0 aliphatic rings. The number of likely N-dealkylation sites (N-methyl/N-ethyl adjacent to an activating group) is 1. The highest BCUT2D eigenvalue weighted by atomic mass is 16.5. The van der Waals surface area contributed by atoms with Gasteiger partial charge in [-0.2, -0.15) is 0 Å². The maximum Gasteiger partial charge on any atom is 0.252 e. The van der Waals surface area contributed by atoms with Crippen molar-refractivity contribution < 1.29 is 14.3 Å². The first-order valence-corrected chi connectivity index (χ1v) is 6.46.